The molecule has 1 aliphatic heterocycles. The van der Waals surface area contributed by atoms with E-state index in [4.69, 9.17) is 4.74 Å². The summed E-state index contributed by atoms with van der Waals surface area (Å²) in [7, 11) is 3.58. The summed E-state index contributed by atoms with van der Waals surface area (Å²) in [4.78, 5) is 23.7. The molecule has 3 rings (SSSR count). The maximum Gasteiger partial charge on any atom is 0.270 e. The molecule has 1 aliphatic rings. The Labute approximate surface area is 142 Å². The number of piperidine rings is 1. The molecule has 1 fully saturated rings. The highest BCUT2D eigenvalue weighted by Gasteiger charge is 2.28. The molecule has 1 saturated heterocycles. The number of likely N-dealkylation sites (tertiary alicyclic amines) is 1. The smallest absolute Gasteiger partial charge is 0.270 e. The third-order valence-electron chi connectivity index (χ3n) is 4.58. The van der Waals surface area contributed by atoms with Gasteiger partial charge in [-0.05, 0) is 31.9 Å². The van der Waals surface area contributed by atoms with Crippen molar-refractivity contribution in [2.75, 3.05) is 20.2 Å². The Bertz CT molecular complexity index is 726. The number of aromatic nitrogens is 3. The first-order valence-electron chi connectivity index (χ1n) is 8.32. The van der Waals surface area contributed by atoms with Gasteiger partial charge >= 0.3 is 0 Å². The van der Waals surface area contributed by atoms with Crippen LogP contribution in [0, 0.1) is 6.92 Å². The highest BCUT2D eigenvalue weighted by Crippen LogP contribution is 2.29. The van der Waals surface area contributed by atoms with Crippen LogP contribution in [-0.4, -0.2) is 45.5 Å². The highest BCUT2D eigenvalue weighted by molar-refractivity contribution is 5.92. The summed E-state index contributed by atoms with van der Waals surface area (Å²) in [5.41, 5.74) is 2.77. The van der Waals surface area contributed by atoms with Crippen LogP contribution in [0.15, 0.2) is 24.5 Å². The van der Waals surface area contributed by atoms with Gasteiger partial charge in [-0.2, -0.15) is 0 Å². The van der Waals surface area contributed by atoms with E-state index in [2.05, 4.69) is 9.97 Å². The predicted molar refractivity (Wildman–Crippen MR) is 90.8 cm³/mol. The second kappa shape index (κ2) is 7.13. The molecule has 0 aromatic carbocycles. The van der Waals surface area contributed by atoms with E-state index in [-0.39, 0.29) is 11.8 Å². The minimum atomic E-state index is 0.0891. The lowest BCUT2D eigenvalue weighted by atomic mass is 9.92. The number of carbonyl (C=O) groups is 1. The van der Waals surface area contributed by atoms with Crippen LogP contribution in [0.25, 0.3) is 0 Å². The van der Waals surface area contributed by atoms with Gasteiger partial charge in [0.25, 0.3) is 5.91 Å². The van der Waals surface area contributed by atoms with E-state index in [0.717, 1.165) is 42.2 Å². The van der Waals surface area contributed by atoms with Gasteiger partial charge < -0.3 is 14.2 Å². The fraction of sp³-hybridized carbons (Fsp3) is 0.500. The van der Waals surface area contributed by atoms with Crippen LogP contribution in [0.4, 0.5) is 0 Å². The molecule has 6 heteroatoms. The molecule has 0 N–H and O–H groups in total. The number of hydrogen-bond acceptors (Lipinski definition) is 4. The maximum atomic E-state index is 12.8. The van der Waals surface area contributed by atoms with Crippen molar-refractivity contribution >= 4 is 5.91 Å². The topological polar surface area (TPSA) is 60.3 Å². The summed E-state index contributed by atoms with van der Waals surface area (Å²) in [6.45, 7) is 3.88. The molecule has 0 radical (unpaired) electrons. The van der Waals surface area contributed by atoms with Gasteiger partial charge in [-0.25, -0.2) is 9.97 Å². The SMILES string of the molecule is COCc1cnc(C)nc1C1CCCN(C(=O)c2cccn2C)C1. The van der Waals surface area contributed by atoms with Crippen LogP contribution in [0.5, 0.6) is 0 Å². The lowest BCUT2D eigenvalue weighted by molar-refractivity contribution is 0.0695. The van der Waals surface area contributed by atoms with Gasteiger partial charge in [-0.3, -0.25) is 4.79 Å². The number of ether oxygens (including phenoxy) is 1. The third-order valence-corrected chi connectivity index (χ3v) is 4.58. The van der Waals surface area contributed by atoms with Gasteiger partial charge in [0.15, 0.2) is 0 Å². The zero-order valence-corrected chi connectivity index (χ0v) is 14.5. The molecular formula is C18H24N4O2. The summed E-state index contributed by atoms with van der Waals surface area (Å²) >= 11 is 0. The first kappa shape index (κ1) is 16.6. The van der Waals surface area contributed by atoms with E-state index in [9.17, 15) is 4.79 Å². The van der Waals surface area contributed by atoms with Crippen molar-refractivity contribution < 1.29 is 9.53 Å². The molecule has 128 valence electrons. The Balaban J connectivity index is 1.82. The molecule has 1 amide bonds. The minimum Gasteiger partial charge on any atom is -0.380 e. The van der Waals surface area contributed by atoms with Crippen molar-refractivity contribution in [1.29, 1.82) is 0 Å². The fourth-order valence-corrected chi connectivity index (χ4v) is 3.36. The number of hydrogen-bond donors (Lipinski definition) is 0. The van der Waals surface area contributed by atoms with Crippen LogP contribution in [0.1, 0.15) is 46.3 Å². The first-order valence-corrected chi connectivity index (χ1v) is 8.32. The molecule has 3 heterocycles. The van der Waals surface area contributed by atoms with Crippen LogP contribution >= 0.6 is 0 Å². The number of methoxy groups -OCH3 is 1. The number of carbonyl (C=O) groups excluding carboxylic acids is 1. The fourth-order valence-electron chi connectivity index (χ4n) is 3.36. The molecule has 0 spiro atoms. The second-order valence-electron chi connectivity index (χ2n) is 6.36. The van der Waals surface area contributed by atoms with Crippen LogP contribution < -0.4 is 0 Å². The molecule has 6 nitrogen and oxygen atoms in total. The quantitative estimate of drug-likeness (QED) is 0.864. The largest absolute Gasteiger partial charge is 0.380 e. The molecule has 2 aromatic heterocycles. The van der Waals surface area contributed by atoms with E-state index in [1.807, 2.05) is 48.0 Å². The minimum absolute atomic E-state index is 0.0891. The van der Waals surface area contributed by atoms with E-state index in [0.29, 0.717) is 13.2 Å². The van der Waals surface area contributed by atoms with E-state index >= 15 is 0 Å². The monoisotopic (exact) mass is 328 g/mol. The first-order chi connectivity index (χ1) is 11.6. The standard InChI is InChI=1S/C18H24N4O2/c1-13-19-10-15(12-24-3)17(20-13)14-6-4-9-22(11-14)18(23)16-7-5-8-21(16)2/h5,7-8,10,14H,4,6,9,11-12H2,1-3H3. The Morgan fingerprint density at radius 3 is 3.00 bits per heavy atom. The number of nitrogens with zero attached hydrogens (tertiary/aromatic N) is 4. The third kappa shape index (κ3) is 3.33. The van der Waals surface area contributed by atoms with E-state index < -0.39 is 0 Å². The highest BCUT2D eigenvalue weighted by atomic mass is 16.5. The number of aryl methyl sites for hydroxylation is 2. The summed E-state index contributed by atoms with van der Waals surface area (Å²) in [6, 6.07) is 3.77. The van der Waals surface area contributed by atoms with Crippen molar-refractivity contribution in [1.82, 2.24) is 19.4 Å². The average Bonchev–Trinajstić information content (AvgIpc) is 3.02. The van der Waals surface area contributed by atoms with Crippen molar-refractivity contribution in [2.24, 2.45) is 7.05 Å². The molecule has 24 heavy (non-hydrogen) atoms. The van der Waals surface area contributed by atoms with Crippen LogP contribution in [-0.2, 0) is 18.4 Å². The molecule has 1 unspecified atom stereocenters. The average molecular weight is 328 g/mol. The van der Waals surface area contributed by atoms with Gasteiger partial charge in [0, 0.05) is 51.1 Å². The van der Waals surface area contributed by atoms with Crippen LogP contribution in [0.2, 0.25) is 0 Å². The lowest BCUT2D eigenvalue weighted by Gasteiger charge is -2.33. The predicted octanol–water partition coefficient (Wildman–Crippen LogP) is 2.29. The van der Waals surface area contributed by atoms with Gasteiger partial charge in [0.2, 0.25) is 0 Å². The van der Waals surface area contributed by atoms with Gasteiger partial charge in [0.05, 0.1) is 12.3 Å². The lowest BCUT2D eigenvalue weighted by Crippen LogP contribution is -2.40. The van der Waals surface area contributed by atoms with Crippen molar-refractivity contribution in [3.63, 3.8) is 0 Å². The number of amides is 1. The molecule has 2 aromatic rings. The van der Waals surface area contributed by atoms with E-state index in [1.54, 1.807) is 7.11 Å². The summed E-state index contributed by atoms with van der Waals surface area (Å²) < 4.78 is 7.16. The Hall–Kier alpha value is -2.21. The van der Waals surface area contributed by atoms with E-state index in [1.165, 1.54) is 0 Å². The van der Waals surface area contributed by atoms with Crippen molar-refractivity contribution in [3.8, 4) is 0 Å². The van der Waals surface area contributed by atoms with Crippen LogP contribution in [0.3, 0.4) is 0 Å². The summed E-state index contributed by atoms with van der Waals surface area (Å²) in [6.07, 6.45) is 5.76. The molecular weight excluding hydrogens is 304 g/mol. The molecule has 0 bridgehead atoms. The van der Waals surface area contributed by atoms with Gasteiger partial charge in [-0.15, -0.1) is 0 Å². The summed E-state index contributed by atoms with van der Waals surface area (Å²) in [5.74, 6) is 1.08. The Morgan fingerprint density at radius 1 is 1.46 bits per heavy atom. The molecule has 1 atom stereocenters. The molecule has 0 aliphatic carbocycles. The Kier molecular flexibility index (Phi) is 4.94. The van der Waals surface area contributed by atoms with Gasteiger partial charge in [-0.1, -0.05) is 0 Å². The molecule has 0 saturated carbocycles. The van der Waals surface area contributed by atoms with Gasteiger partial charge in [0.1, 0.15) is 11.5 Å². The Morgan fingerprint density at radius 2 is 2.29 bits per heavy atom. The second-order valence-corrected chi connectivity index (χ2v) is 6.36. The van der Waals surface area contributed by atoms with Crippen molar-refractivity contribution in [3.05, 3.63) is 47.3 Å². The van der Waals surface area contributed by atoms with Crippen molar-refractivity contribution in [2.45, 2.75) is 32.3 Å². The maximum absolute atomic E-state index is 12.8. The normalized spacial score (nSPS) is 18.0. The number of rotatable bonds is 4. The zero-order valence-electron chi connectivity index (χ0n) is 14.5. The zero-order chi connectivity index (χ0) is 17.1. The summed E-state index contributed by atoms with van der Waals surface area (Å²) in [5, 5.41) is 0.